The molecule has 6 heteroatoms. The molecule has 5 nitrogen and oxygen atoms in total. The summed E-state index contributed by atoms with van der Waals surface area (Å²) in [5.74, 6) is 2.75. The first-order chi connectivity index (χ1) is 12.5. The largest absolute Gasteiger partial charge is 0.306 e. The molecule has 0 amide bonds. The van der Waals surface area contributed by atoms with Crippen LogP contribution in [0.15, 0.2) is 18.2 Å². The Labute approximate surface area is 162 Å². The number of aryl methyl sites for hydroxylation is 1. The van der Waals surface area contributed by atoms with Crippen LogP contribution in [-0.2, 0) is 19.4 Å². The zero-order valence-electron chi connectivity index (χ0n) is 16.4. The van der Waals surface area contributed by atoms with Gasteiger partial charge in [0.15, 0.2) is 5.82 Å². The van der Waals surface area contributed by atoms with Gasteiger partial charge in [0.05, 0.1) is 12.2 Å². The Morgan fingerprint density at radius 2 is 1.85 bits per heavy atom. The zero-order chi connectivity index (χ0) is 18.7. The molecule has 142 valence electrons. The van der Waals surface area contributed by atoms with E-state index in [0.717, 1.165) is 36.1 Å². The second-order valence-corrected chi connectivity index (χ2v) is 8.12. The van der Waals surface area contributed by atoms with E-state index in [9.17, 15) is 0 Å². The number of nitrogens with zero attached hydrogens (tertiary/aromatic N) is 5. The number of likely N-dealkylation sites (tertiary alicyclic amines) is 1. The minimum Gasteiger partial charge on any atom is -0.306 e. The zero-order valence-corrected chi connectivity index (χ0v) is 17.1. The van der Waals surface area contributed by atoms with Gasteiger partial charge in [-0.1, -0.05) is 18.5 Å². The van der Waals surface area contributed by atoms with Crippen molar-refractivity contribution in [3.63, 3.8) is 0 Å². The van der Waals surface area contributed by atoms with Crippen LogP contribution < -0.4 is 0 Å². The first-order valence-electron chi connectivity index (χ1n) is 9.53. The molecule has 2 heterocycles. The van der Waals surface area contributed by atoms with Crippen molar-refractivity contribution in [3.8, 4) is 5.69 Å². The van der Waals surface area contributed by atoms with E-state index in [1.54, 1.807) is 0 Å². The number of hydrogen-bond donors (Lipinski definition) is 0. The highest BCUT2D eigenvalue weighted by atomic mass is 35.5. The van der Waals surface area contributed by atoms with Gasteiger partial charge in [0.25, 0.3) is 0 Å². The predicted molar refractivity (Wildman–Crippen MR) is 107 cm³/mol. The predicted octanol–water partition coefficient (Wildman–Crippen LogP) is 3.43. The summed E-state index contributed by atoms with van der Waals surface area (Å²) in [5, 5.41) is 9.92. The Morgan fingerprint density at radius 3 is 2.50 bits per heavy atom. The van der Waals surface area contributed by atoms with Crippen molar-refractivity contribution in [2.24, 2.45) is 5.92 Å². The summed E-state index contributed by atoms with van der Waals surface area (Å²) in [7, 11) is 6.34. The minimum absolute atomic E-state index is 0.679. The molecular weight excluding hydrogens is 346 g/mol. The highest BCUT2D eigenvalue weighted by Gasteiger charge is 2.22. The molecule has 1 aromatic carbocycles. The van der Waals surface area contributed by atoms with Crippen LogP contribution in [-0.4, -0.2) is 58.8 Å². The molecule has 1 aromatic heterocycles. The third-order valence-electron chi connectivity index (χ3n) is 5.23. The number of benzene rings is 1. The van der Waals surface area contributed by atoms with Crippen LogP contribution in [0.3, 0.4) is 0 Å². The molecule has 0 unspecified atom stereocenters. The van der Waals surface area contributed by atoms with Gasteiger partial charge in [0, 0.05) is 11.4 Å². The van der Waals surface area contributed by atoms with E-state index in [-0.39, 0.29) is 0 Å². The van der Waals surface area contributed by atoms with E-state index in [1.165, 1.54) is 37.2 Å². The summed E-state index contributed by atoms with van der Waals surface area (Å²) < 4.78 is 2.27. The first kappa shape index (κ1) is 19.3. The highest BCUT2D eigenvalue weighted by Crippen LogP contribution is 2.26. The monoisotopic (exact) mass is 375 g/mol. The third kappa shape index (κ3) is 4.45. The van der Waals surface area contributed by atoms with Gasteiger partial charge >= 0.3 is 0 Å². The Hall–Kier alpha value is -1.43. The van der Waals surface area contributed by atoms with Crippen LogP contribution in [0.1, 0.15) is 37.0 Å². The summed E-state index contributed by atoms with van der Waals surface area (Å²) in [4.78, 5) is 4.55. The number of halogens is 1. The maximum Gasteiger partial charge on any atom is 0.151 e. The Kier molecular flexibility index (Phi) is 6.33. The van der Waals surface area contributed by atoms with Gasteiger partial charge in [-0.2, -0.15) is 0 Å². The average molecular weight is 376 g/mol. The first-order valence-corrected chi connectivity index (χ1v) is 9.91. The molecule has 2 aromatic rings. The molecule has 0 saturated carbocycles. The van der Waals surface area contributed by atoms with Crippen molar-refractivity contribution in [1.82, 2.24) is 24.6 Å². The molecule has 26 heavy (non-hydrogen) atoms. The van der Waals surface area contributed by atoms with Crippen LogP contribution in [0.4, 0.5) is 0 Å². The van der Waals surface area contributed by atoms with Gasteiger partial charge in [-0.15, -0.1) is 10.2 Å². The van der Waals surface area contributed by atoms with Gasteiger partial charge in [-0.3, -0.25) is 4.57 Å². The second-order valence-electron chi connectivity index (χ2n) is 7.68. The summed E-state index contributed by atoms with van der Waals surface area (Å²) >= 11 is 6.24. The summed E-state index contributed by atoms with van der Waals surface area (Å²) in [6.07, 6.45) is 4.38. The lowest BCUT2D eigenvalue weighted by Gasteiger charge is -2.28. The number of piperidine rings is 1. The smallest absolute Gasteiger partial charge is 0.151 e. The van der Waals surface area contributed by atoms with Crippen LogP contribution in [0.5, 0.6) is 0 Å². The Morgan fingerprint density at radius 1 is 1.15 bits per heavy atom. The van der Waals surface area contributed by atoms with Crippen molar-refractivity contribution in [2.45, 2.75) is 39.2 Å². The fourth-order valence-electron chi connectivity index (χ4n) is 3.73. The lowest BCUT2D eigenvalue weighted by Crippen LogP contribution is -2.31. The van der Waals surface area contributed by atoms with Crippen molar-refractivity contribution in [2.75, 3.05) is 34.2 Å². The fourth-order valence-corrected chi connectivity index (χ4v) is 3.92. The molecule has 0 radical (unpaired) electrons. The number of aromatic nitrogens is 3. The van der Waals surface area contributed by atoms with E-state index in [1.807, 2.05) is 6.07 Å². The van der Waals surface area contributed by atoms with E-state index in [4.69, 9.17) is 11.6 Å². The Bertz CT molecular complexity index is 732. The van der Waals surface area contributed by atoms with E-state index in [0.29, 0.717) is 5.92 Å². The molecule has 0 spiro atoms. The fraction of sp³-hybridized carbons (Fsp3) is 0.600. The molecule has 0 atom stereocenters. The van der Waals surface area contributed by atoms with Gasteiger partial charge in [0.1, 0.15) is 5.82 Å². The van der Waals surface area contributed by atoms with Crippen LogP contribution in [0, 0.1) is 5.92 Å². The van der Waals surface area contributed by atoms with Gasteiger partial charge in [-0.05, 0) is 83.2 Å². The summed E-state index contributed by atoms with van der Waals surface area (Å²) in [6.45, 7) is 5.28. The summed E-state index contributed by atoms with van der Waals surface area (Å²) in [6, 6.07) is 6.15. The average Bonchev–Trinajstić information content (AvgIpc) is 2.98. The van der Waals surface area contributed by atoms with E-state index < -0.39 is 0 Å². The molecule has 3 rings (SSSR count). The topological polar surface area (TPSA) is 37.2 Å². The molecular formula is C20H30ClN5. The van der Waals surface area contributed by atoms with E-state index >= 15 is 0 Å². The van der Waals surface area contributed by atoms with Gasteiger partial charge < -0.3 is 9.80 Å². The van der Waals surface area contributed by atoms with E-state index in [2.05, 4.69) is 64.8 Å². The van der Waals surface area contributed by atoms with Crippen LogP contribution in [0.25, 0.3) is 5.69 Å². The molecule has 1 saturated heterocycles. The van der Waals surface area contributed by atoms with Gasteiger partial charge in [0.2, 0.25) is 0 Å². The molecule has 1 fully saturated rings. The van der Waals surface area contributed by atoms with Crippen molar-refractivity contribution in [1.29, 1.82) is 0 Å². The number of hydrogen-bond acceptors (Lipinski definition) is 4. The molecule has 1 aliphatic rings. The normalized spacial score (nSPS) is 16.5. The Balaban J connectivity index is 1.97. The molecule has 0 aliphatic carbocycles. The molecule has 1 aliphatic heterocycles. The van der Waals surface area contributed by atoms with Crippen molar-refractivity contribution >= 4 is 11.6 Å². The SMILES string of the molecule is CCc1cc(Cl)ccc1-n1c(CC2CCN(C)CC2)nnc1CN(C)C. The highest BCUT2D eigenvalue weighted by molar-refractivity contribution is 6.30. The quantitative estimate of drug-likeness (QED) is 0.775. The van der Waals surface area contributed by atoms with Gasteiger partial charge in [-0.25, -0.2) is 0 Å². The standard InChI is InChI=1S/C20H30ClN5/c1-5-16-13-17(21)6-7-18(16)26-19(22-23-20(26)14-24(2)3)12-15-8-10-25(4)11-9-15/h6-7,13,15H,5,8-12,14H2,1-4H3. The molecule has 0 N–H and O–H groups in total. The van der Waals surface area contributed by atoms with Crippen molar-refractivity contribution in [3.05, 3.63) is 40.4 Å². The minimum atomic E-state index is 0.679. The van der Waals surface area contributed by atoms with Crippen molar-refractivity contribution < 1.29 is 0 Å². The lowest BCUT2D eigenvalue weighted by molar-refractivity contribution is 0.217. The summed E-state index contributed by atoms with van der Waals surface area (Å²) in [5.41, 5.74) is 2.41. The maximum atomic E-state index is 6.24. The molecule has 0 bridgehead atoms. The van der Waals surface area contributed by atoms with Crippen LogP contribution >= 0.6 is 11.6 Å². The maximum absolute atomic E-state index is 6.24. The van der Waals surface area contributed by atoms with Crippen LogP contribution in [0.2, 0.25) is 5.02 Å². The lowest BCUT2D eigenvalue weighted by atomic mass is 9.93. The third-order valence-corrected chi connectivity index (χ3v) is 5.46. The second kappa shape index (κ2) is 8.51. The number of rotatable bonds is 6.